The zero-order valence-corrected chi connectivity index (χ0v) is 10.4. The summed E-state index contributed by atoms with van der Waals surface area (Å²) in [5.41, 5.74) is 3.11. The van der Waals surface area contributed by atoms with E-state index in [2.05, 4.69) is 24.5 Å². The highest BCUT2D eigenvalue weighted by Crippen LogP contribution is 2.29. The van der Waals surface area contributed by atoms with E-state index in [0.717, 1.165) is 22.2 Å². The van der Waals surface area contributed by atoms with E-state index < -0.39 is 5.97 Å². The Morgan fingerprint density at radius 2 is 2.00 bits per heavy atom. The molecule has 0 atom stereocenters. The van der Waals surface area contributed by atoms with E-state index in [0.29, 0.717) is 0 Å². The first-order valence-electron chi connectivity index (χ1n) is 5.82. The number of aliphatic carboxylic acids is 1. The van der Waals surface area contributed by atoms with Gasteiger partial charge in [0.2, 0.25) is 0 Å². The van der Waals surface area contributed by atoms with E-state index in [1.54, 1.807) is 0 Å². The molecule has 1 aromatic heterocycles. The minimum Gasteiger partial charge on any atom is -0.481 e. The van der Waals surface area contributed by atoms with E-state index in [1.807, 2.05) is 25.1 Å². The highest BCUT2D eigenvalue weighted by atomic mass is 16.4. The lowest BCUT2D eigenvalue weighted by atomic mass is 10.1. The first-order valence-corrected chi connectivity index (χ1v) is 5.82. The summed E-state index contributed by atoms with van der Waals surface area (Å²) in [6.45, 7) is 6.16. The summed E-state index contributed by atoms with van der Waals surface area (Å²) in [6, 6.07) is 8.35. The van der Waals surface area contributed by atoms with Crippen molar-refractivity contribution in [3.8, 4) is 0 Å². The van der Waals surface area contributed by atoms with Crippen molar-refractivity contribution in [2.75, 3.05) is 0 Å². The van der Waals surface area contributed by atoms with Crippen molar-refractivity contribution in [2.45, 2.75) is 33.2 Å². The van der Waals surface area contributed by atoms with Crippen LogP contribution in [0.5, 0.6) is 0 Å². The zero-order valence-electron chi connectivity index (χ0n) is 10.4. The largest absolute Gasteiger partial charge is 0.481 e. The molecule has 2 rings (SSSR count). The maximum atomic E-state index is 11.0. The standard InChI is InChI=1S/C14H17NO2/c1-9(2)15-12-7-5-4-6-11(12)10(3)13(15)8-14(16)17/h4-7,9H,8H2,1-3H3,(H,16,17). The topological polar surface area (TPSA) is 42.2 Å². The van der Waals surface area contributed by atoms with Gasteiger partial charge in [-0.1, -0.05) is 18.2 Å². The Balaban J connectivity index is 2.75. The fourth-order valence-corrected chi connectivity index (χ4v) is 2.43. The quantitative estimate of drug-likeness (QED) is 0.881. The Hall–Kier alpha value is -1.77. The normalized spacial score (nSPS) is 11.3. The van der Waals surface area contributed by atoms with Crippen molar-refractivity contribution in [1.82, 2.24) is 4.57 Å². The molecule has 0 radical (unpaired) electrons. The summed E-state index contributed by atoms with van der Waals surface area (Å²) in [4.78, 5) is 11.0. The van der Waals surface area contributed by atoms with Crippen LogP contribution in [0.25, 0.3) is 10.9 Å². The SMILES string of the molecule is Cc1c(CC(=O)O)n(C(C)C)c2ccccc12. The van der Waals surface area contributed by atoms with Crippen molar-refractivity contribution < 1.29 is 9.90 Å². The maximum absolute atomic E-state index is 11.0. The second-order valence-corrected chi connectivity index (χ2v) is 4.62. The van der Waals surface area contributed by atoms with E-state index in [4.69, 9.17) is 5.11 Å². The van der Waals surface area contributed by atoms with Crippen molar-refractivity contribution in [2.24, 2.45) is 0 Å². The van der Waals surface area contributed by atoms with Crippen LogP contribution in [0.3, 0.4) is 0 Å². The third kappa shape index (κ3) is 1.93. The number of aryl methyl sites for hydroxylation is 1. The molecule has 0 fully saturated rings. The van der Waals surface area contributed by atoms with Crippen LogP contribution in [-0.4, -0.2) is 15.6 Å². The van der Waals surface area contributed by atoms with Gasteiger partial charge in [-0.25, -0.2) is 0 Å². The van der Waals surface area contributed by atoms with E-state index >= 15 is 0 Å². The third-order valence-corrected chi connectivity index (χ3v) is 3.13. The molecule has 0 saturated heterocycles. The molecule has 1 N–H and O–H groups in total. The van der Waals surface area contributed by atoms with Gasteiger partial charge in [-0.3, -0.25) is 4.79 Å². The van der Waals surface area contributed by atoms with Crippen LogP contribution < -0.4 is 0 Å². The van der Waals surface area contributed by atoms with Gasteiger partial charge < -0.3 is 9.67 Å². The second kappa shape index (κ2) is 4.24. The number of fused-ring (bicyclic) bond motifs is 1. The van der Waals surface area contributed by atoms with Crippen LogP contribution in [0.1, 0.15) is 31.1 Å². The van der Waals surface area contributed by atoms with Crippen LogP contribution in [0.15, 0.2) is 24.3 Å². The zero-order chi connectivity index (χ0) is 12.6. The molecule has 0 aliphatic rings. The molecule has 0 unspecified atom stereocenters. The van der Waals surface area contributed by atoms with E-state index in [-0.39, 0.29) is 12.5 Å². The Bertz CT molecular complexity index is 567. The number of benzene rings is 1. The highest BCUT2D eigenvalue weighted by Gasteiger charge is 2.17. The van der Waals surface area contributed by atoms with Crippen molar-refractivity contribution in [1.29, 1.82) is 0 Å². The summed E-state index contributed by atoms with van der Waals surface area (Å²) in [5.74, 6) is -0.780. The Kier molecular flexibility index (Phi) is 2.92. The molecule has 0 saturated carbocycles. The monoisotopic (exact) mass is 231 g/mol. The van der Waals surface area contributed by atoms with Gasteiger partial charge in [0.1, 0.15) is 0 Å². The fraction of sp³-hybridized carbons (Fsp3) is 0.357. The molecule has 0 spiro atoms. The molecular weight excluding hydrogens is 214 g/mol. The molecule has 3 nitrogen and oxygen atoms in total. The number of rotatable bonds is 3. The smallest absolute Gasteiger partial charge is 0.309 e. The van der Waals surface area contributed by atoms with Gasteiger partial charge in [0.25, 0.3) is 0 Å². The number of para-hydroxylation sites is 1. The number of carboxylic acids is 1. The van der Waals surface area contributed by atoms with Gasteiger partial charge >= 0.3 is 5.97 Å². The van der Waals surface area contributed by atoms with Crippen molar-refractivity contribution in [3.63, 3.8) is 0 Å². The van der Waals surface area contributed by atoms with Crippen LogP contribution in [0, 0.1) is 6.92 Å². The third-order valence-electron chi connectivity index (χ3n) is 3.13. The van der Waals surface area contributed by atoms with Gasteiger partial charge in [0.05, 0.1) is 6.42 Å². The average molecular weight is 231 g/mol. The van der Waals surface area contributed by atoms with Crippen molar-refractivity contribution >= 4 is 16.9 Å². The number of hydrogen-bond acceptors (Lipinski definition) is 1. The fourth-order valence-electron chi connectivity index (χ4n) is 2.43. The second-order valence-electron chi connectivity index (χ2n) is 4.62. The molecule has 0 aliphatic heterocycles. The number of nitrogens with zero attached hydrogens (tertiary/aromatic N) is 1. The Morgan fingerprint density at radius 1 is 1.35 bits per heavy atom. The summed E-state index contributed by atoms with van der Waals surface area (Å²) in [6.07, 6.45) is 0.0820. The summed E-state index contributed by atoms with van der Waals surface area (Å²) in [7, 11) is 0. The molecule has 2 aromatic rings. The first-order chi connectivity index (χ1) is 8.02. The number of aromatic nitrogens is 1. The summed E-state index contributed by atoms with van der Waals surface area (Å²) >= 11 is 0. The van der Waals surface area contributed by atoms with Gasteiger partial charge in [-0.05, 0) is 32.4 Å². The summed E-state index contributed by atoms with van der Waals surface area (Å²) in [5, 5.41) is 10.2. The molecule has 1 heterocycles. The number of carboxylic acid groups (broad SMARTS) is 1. The maximum Gasteiger partial charge on any atom is 0.309 e. The number of carbonyl (C=O) groups is 1. The Labute approximate surface area is 101 Å². The molecule has 90 valence electrons. The number of hydrogen-bond donors (Lipinski definition) is 1. The van der Waals surface area contributed by atoms with Crippen LogP contribution in [-0.2, 0) is 11.2 Å². The Morgan fingerprint density at radius 3 is 2.59 bits per heavy atom. The predicted molar refractivity (Wildman–Crippen MR) is 68.4 cm³/mol. The van der Waals surface area contributed by atoms with Crippen LogP contribution in [0.4, 0.5) is 0 Å². The lowest BCUT2D eigenvalue weighted by Crippen LogP contribution is -2.10. The molecule has 17 heavy (non-hydrogen) atoms. The van der Waals surface area contributed by atoms with Gasteiger partial charge in [0.15, 0.2) is 0 Å². The lowest BCUT2D eigenvalue weighted by Gasteiger charge is -2.14. The van der Waals surface area contributed by atoms with E-state index in [1.165, 1.54) is 0 Å². The minimum absolute atomic E-state index is 0.0820. The molecule has 0 amide bonds. The predicted octanol–water partition coefficient (Wildman–Crippen LogP) is 3.16. The molecule has 0 bridgehead atoms. The van der Waals surface area contributed by atoms with Gasteiger partial charge in [-0.15, -0.1) is 0 Å². The van der Waals surface area contributed by atoms with Crippen molar-refractivity contribution in [3.05, 3.63) is 35.5 Å². The molecule has 3 heteroatoms. The molecule has 1 aromatic carbocycles. The average Bonchev–Trinajstić information content (AvgIpc) is 2.52. The lowest BCUT2D eigenvalue weighted by molar-refractivity contribution is -0.136. The molecular formula is C14H17NO2. The minimum atomic E-state index is -0.780. The van der Waals surface area contributed by atoms with Crippen LogP contribution >= 0.6 is 0 Å². The van der Waals surface area contributed by atoms with E-state index in [9.17, 15) is 4.79 Å². The van der Waals surface area contributed by atoms with Crippen LogP contribution in [0.2, 0.25) is 0 Å². The van der Waals surface area contributed by atoms with Gasteiger partial charge in [-0.2, -0.15) is 0 Å². The molecule has 0 aliphatic carbocycles. The van der Waals surface area contributed by atoms with Gasteiger partial charge in [0, 0.05) is 22.6 Å². The summed E-state index contributed by atoms with van der Waals surface area (Å²) < 4.78 is 2.12. The first kappa shape index (κ1) is 11.7. The highest BCUT2D eigenvalue weighted by molar-refractivity contribution is 5.87.